The Hall–Kier alpha value is -0.610. The average Bonchev–Trinajstić information content (AvgIpc) is 2.49. The molecule has 2 aliphatic rings. The summed E-state index contributed by atoms with van der Waals surface area (Å²) in [5.74, 6) is 0.283. The van der Waals surface area contributed by atoms with Crippen LogP contribution in [0.25, 0.3) is 0 Å². The number of amides is 1. The van der Waals surface area contributed by atoms with Crippen LogP contribution in [0.4, 0.5) is 0 Å². The fourth-order valence-electron chi connectivity index (χ4n) is 3.23. The minimum Gasteiger partial charge on any atom is -0.378 e. The third-order valence-corrected chi connectivity index (χ3v) is 4.38. The van der Waals surface area contributed by atoms with Crippen LogP contribution in [0.15, 0.2) is 0 Å². The van der Waals surface area contributed by atoms with Gasteiger partial charge in [0, 0.05) is 25.7 Å². The molecule has 4 nitrogen and oxygen atoms in total. The normalized spacial score (nSPS) is 27.2. The Kier molecular flexibility index (Phi) is 6.80. The third-order valence-electron chi connectivity index (χ3n) is 4.38. The van der Waals surface area contributed by atoms with Crippen molar-refractivity contribution < 1.29 is 9.53 Å². The number of hydrogen-bond acceptors (Lipinski definition) is 3. The van der Waals surface area contributed by atoms with Gasteiger partial charge in [0.15, 0.2) is 0 Å². The highest BCUT2D eigenvalue weighted by atomic mass is 16.5. The van der Waals surface area contributed by atoms with Gasteiger partial charge in [0.05, 0.1) is 12.5 Å². The molecule has 0 saturated carbocycles. The Bertz CT molecular complexity index is 284. The molecule has 2 atom stereocenters. The first kappa shape index (κ1) is 15.8. The van der Waals surface area contributed by atoms with E-state index in [1.165, 1.54) is 25.7 Å². The van der Waals surface area contributed by atoms with Gasteiger partial charge in [-0.15, -0.1) is 0 Å². The van der Waals surface area contributed by atoms with Gasteiger partial charge in [-0.05, 0) is 45.1 Å². The molecule has 2 heterocycles. The Morgan fingerprint density at radius 3 is 2.75 bits per heavy atom. The van der Waals surface area contributed by atoms with Gasteiger partial charge in [-0.2, -0.15) is 0 Å². The molecule has 2 aliphatic heterocycles. The highest BCUT2D eigenvalue weighted by molar-refractivity contribution is 5.76. The molecule has 0 aliphatic carbocycles. The fourth-order valence-corrected chi connectivity index (χ4v) is 3.23. The SMILES string of the molecule is CCCN(CC1CCCCN1)C(=O)CC1CCCCO1. The van der Waals surface area contributed by atoms with E-state index in [0.717, 1.165) is 45.5 Å². The van der Waals surface area contributed by atoms with E-state index in [1.54, 1.807) is 0 Å². The lowest BCUT2D eigenvalue weighted by molar-refractivity contribution is -0.135. The maximum absolute atomic E-state index is 12.5. The lowest BCUT2D eigenvalue weighted by atomic mass is 10.0. The van der Waals surface area contributed by atoms with Crippen LogP contribution in [0, 0.1) is 0 Å². The van der Waals surface area contributed by atoms with Crippen LogP contribution in [0.2, 0.25) is 0 Å². The van der Waals surface area contributed by atoms with Crippen LogP contribution in [0.3, 0.4) is 0 Å². The van der Waals surface area contributed by atoms with Crippen molar-refractivity contribution in [3.63, 3.8) is 0 Å². The lowest BCUT2D eigenvalue weighted by Gasteiger charge is -2.32. The van der Waals surface area contributed by atoms with Crippen LogP contribution in [-0.4, -0.2) is 49.2 Å². The number of rotatable bonds is 6. The van der Waals surface area contributed by atoms with E-state index in [1.807, 2.05) is 0 Å². The Labute approximate surface area is 123 Å². The van der Waals surface area contributed by atoms with Gasteiger partial charge in [0.25, 0.3) is 0 Å². The van der Waals surface area contributed by atoms with E-state index < -0.39 is 0 Å². The van der Waals surface area contributed by atoms with E-state index in [-0.39, 0.29) is 12.0 Å². The molecule has 116 valence electrons. The zero-order valence-electron chi connectivity index (χ0n) is 12.9. The zero-order valence-corrected chi connectivity index (χ0v) is 12.9. The van der Waals surface area contributed by atoms with Crippen LogP contribution >= 0.6 is 0 Å². The van der Waals surface area contributed by atoms with Crippen LogP contribution < -0.4 is 5.32 Å². The Balaban J connectivity index is 1.80. The number of nitrogens with zero attached hydrogens (tertiary/aromatic N) is 1. The molecular weight excluding hydrogens is 252 g/mol. The van der Waals surface area contributed by atoms with Crippen molar-refractivity contribution in [1.29, 1.82) is 0 Å². The quantitative estimate of drug-likeness (QED) is 0.813. The number of piperidine rings is 1. The average molecular weight is 282 g/mol. The number of nitrogens with one attached hydrogen (secondary N) is 1. The van der Waals surface area contributed by atoms with E-state index >= 15 is 0 Å². The molecule has 20 heavy (non-hydrogen) atoms. The van der Waals surface area contributed by atoms with E-state index in [2.05, 4.69) is 17.1 Å². The fraction of sp³-hybridized carbons (Fsp3) is 0.938. The summed E-state index contributed by atoms with van der Waals surface area (Å²) in [5.41, 5.74) is 0. The van der Waals surface area contributed by atoms with E-state index in [0.29, 0.717) is 12.5 Å². The van der Waals surface area contributed by atoms with Crippen LogP contribution in [0.1, 0.15) is 58.3 Å². The van der Waals surface area contributed by atoms with Crippen molar-refractivity contribution in [3.8, 4) is 0 Å². The molecular formula is C16H30N2O2. The molecule has 0 spiro atoms. The second-order valence-corrected chi connectivity index (χ2v) is 6.18. The number of ether oxygens (including phenoxy) is 1. The summed E-state index contributed by atoms with van der Waals surface area (Å²) in [7, 11) is 0. The molecule has 2 rings (SSSR count). The Morgan fingerprint density at radius 1 is 1.25 bits per heavy atom. The minimum absolute atomic E-state index is 0.162. The van der Waals surface area contributed by atoms with Gasteiger partial charge < -0.3 is 15.0 Å². The van der Waals surface area contributed by atoms with Crippen LogP contribution in [0.5, 0.6) is 0 Å². The number of carbonyl (C=O) groups excluding carboxylic acids is 1. The van der Waals surface area contributed by atoms with Crippen LogP contribution in [-0.2, 0) is 9.53 Å². The Morgan fingerprint density at radius 2 is 2.10 bits per heavy atom. The molecule has 4 heteroatoms. The first-order chi connectivity index (χ1) is 9.79. The lowest BCUT2D eigenvalue weighted by Crippen LogP contribution is -2.46. The number of hydrogen-bond donors (Lipinski definition) is 1. The van der Waals surface area contributed by atoms with Crippen molar-refractivity contribution in [2.24, 2.45) is 0 Å². The molecule has 2 saturated heterocycles. The molecule has 0 aromatic rings. The predicted molar refractivity (Wildman–Crippen MR) is 80.7 cm³/mol. The van der Waals surface area contributed by atoms with Gasteiger partial charge in [0.1, 0.15) is 0 Å². The van der Waals surface area contributed by atoms with Gasteiger partial charge in [0.2, 0.25) is 5.91 Å². The molecule has 0 aromatic heterocycles. The largest absolute Gasteiger partial charge is 0.378 e. The van der Waals surface area contributed by atoms with Gasteiger partial charge in [-0.25, -0.2) is 0 Å². The molecule has 0 radical (unpaired) electrons. The second-order valence-electron chi connectivity index (χ2n) is 6.18. The molecule has 2 unspecified atom stereocenters. The summed E-state index contributed by atoms with van der Waals surface area (Å²) in [6, 6.07) is 0.492. The molecule has 2 fully saturated rings. The van der Waals surface area contributed by atoms with Gasteiger partial charge >= 0.3 is 0 Å². The topological polar surface area (TPSA) is 41.6 Å². The molecule has 1 N–H and O–H groups in total. The zero-order chi connectivity index (χ0) is 14.2. The first-order valence-electron chi connectivity index (χ1n) is 8.42. The molecule has 0 bridgehead atoms. The summed E-state index contributed by atoms with van der Waals surface area (Å²) in [5, 5.41) is 3.54. The highest BCUT2D eigenvalue weighted by Crippen LogP contribution is 2.17. The minimum atomic E-state index is 0.162. The van der Waals surface area contributed by atoms with Crippen molar-refractivity contribution in [3.05, 3.63) is 0 Å². The highest BCUT2D eigenvalue weighted by Gasteiger charge is 2.24. The summed E-state index contributed by atoms with van der Waals surface area (Å²) in [4.78, 5) is 14.5. The van der Waals surface area contributed by atoms with E-state index in [4.69, 9.17) is 4.74 Å². The summed E-state index contributed by atoms with van der Waals surface area (Å²) in [6.45, 7) is 5.83. The summed E-state index contributed by atoms with van der Waals surface area (Å²) in [6.07, 6.45) is 8.93. The van der Waals surface area contributed by atoms with Crippen molar-refractivity contribution in [1.82, 2.24) is 10.2 Å². The first-order valence-corrected chi connectivity index (χ1v) is 8.42. The van der Waals surface area contributed by atoms with Crippen molar-refractivity contribution in [2.75, 3.05) is 26.2 Å². The monoisotopic (exact) mass is 282 g/mol. The maximum atomic E-state index is 12.5. The molecule has 1 amide bonds. The maximum Gasteiger partial charge on any atom is 0.225 e. The summed E-state index contributed by atoms with van der Waals surface area (Å²) < 4.78 is 5.70. The standard InChI is InChI=1S/C16H30N2O2/c1-2-10-18(13-14-7-3-5-9-17-14)16(19)12-15-8-4-6-11-20-15/h14-15,17H,2-13H2,1H3. The van der Waals surface area contributed by atoms with Crippen molar-refractivity contribution in [2.45, 2.75) is 70.4 Å². The van der Waals surface area contributed by atoms with E-state index in [9.17, 15) is 4.79 Å². The smallest absolute Gasteiger partial charge is 0.225 e. The third kappa shape index (κ3) is 5.06. The number of carbonyl (C=O) groups is 1. The second kappa shape index (κ2) is 8.63. The van der Waals surface area contributed by atoms with Crippen molar-refractivity contribution >= 4 is 5.91 Å². The predicted octanol–water partition coefficient (Wildman–Crippen LogP) is 2.33. The summed E-state index contributed by atoms with van der Waals surface area (Å²) >= 11 is 0. The van der Waals surface area contributed by atoms with Gasteiger partial charge in [-0.3, -0.25) is 4.79 Å². The molecule has 0 aromatic carbocycles. The van der Waals surface area contributed by atoms with Gasteiger partial charge in [-0.1, -0.05) is 13.3 Å².